The molecule has 2 aromatic carbocycles. The van der Waals surface area contributed by atoms with Gasteiger partial charge < -0.3 is 9.88 Å². The van der Waals surface area contributed by atoms with Crippen LogP contribution in [0, 0.1) is 5.92 Å². The predicted molar refractivity (Wildman–Crippen MR) is 105 cm³/mol. The number of fused-ring (bicyclic) bond motifs is 3. The van der Waals surface area contributed by atoms with Gasteiger partial charge in [-0.15, -0.1) is 0 Å². The number of aromatic amines is 1. The molecule has 0 radical (unpaired) electrons. The van der Waals surface area contributed by atoms with E-state index in [9.17, 15) is 4.79 Å². The Morgan fingerprint density at radius 1 is 1.04 bits per heavy atom. The summed E-state index contributed by atoms with van der Waals surface area (Å²) in [7, 11) is 0. The topological polar surface area (TPSA) is 36.1 Å². The van der Waals surface area contributed by atoms with Crippen LogP contribution in [0.15, 0.2) is 48.5 Å². The summed E-state index contributed by atoms with van der Waals surface area (Å²) in [5.41, 5.74) is 4.50. The van der Waals surface area contributed by atoms with E-state index in [1.165, 1.54) is 17.5 Å². The van der Waals surface area contributed by atoms with Crippen molar-refractivity contribution in [2.24, 2.45) is 5.92 Å². The molecule has 3 aliphatic rings. The van der Waals surface area contributed by atoms with Crippen molar-refractivity contribution >= 4 is 28.4 Å². The first-order chi connectivity index (χ1) is 12.7. The van der Waals surface area contributed by atoms with E-state index in [0.29, 0.717) is 16.6 Å². The van der Waals surface area contributed by atoms with Crippen LogP contribution in [-0.2, 0) is 12.8 Å². The first-order valence-corrected chi connectivity index (χ1v) is 9.71. The zero-order valence-electron chi connectivity index (χ0n) is 14.5. The molecule has 0 spiro atoms. The van der Waals surface area contributed by atoms with Gasteiger partial charge in [0, 0.05) is 28.5 Å². The number of hydrogen-bond donors (Lipinski definition) is 1. The van der Waals surface area contributed by atoms with Crippen LogP contribution in [0.25, 0.3) is 10.9 Å². The first kappa shape index (κ1) is 16.0. The zero-order valence-corrected chi connectivity index (χ0v) is 15.3. The maximum absolute atomic E-state index is 13.3. The molecule has 132 valence electrons. The van der Waals surface area contributed by atoms with Crippen LogP contribution in [0.1, 0.15) is 34.5 Å². The Hall–Kier alpha value is -2.26. The first-order valence-electron chi connectivity index (χ1n) is 9.33. The van der Waals surface area contributed by atoms with Crippen molar-refractivity contribution in [1.29, 1.82) is 0 Å². The largest absolute Gasteiger partial charge is 0.351 e. The molecule has 2 bridgehead atoms. The van der Waals surface area contributed by atoms with Gasteiger partial charge in [-0.2, -0.15) is 0 Å². The molecule has 26 heavy (non-hydrogen) atoms. The number of H-pyrrole nitrogens is 1. The van der Waals surface area contributed by atoms with Gasteiger partial charge in [0.15, 0.2) is 0 Å². The summed E-state index contributed by atoms with van der Waals surface area (Å²) >= 11 is 6.09. The molecule has 3 heterocycles. The lowest BCUT2D eigenvalue weighted by atomic mass is 9.80. The van der Waals surface area contributed by atoms with Gasteiger partial charge in [0.1, 0.15) is 5.69 Å². The summed E-state index contributed by atoms with van der Waals surface area (Å²) in [6.07, 6.45) is 4.34. The maximum Gasteiger partial charge on any atom is 0.270 e. The Bertz CT molecular complexity index is 993. The Morgan fingerprint density at radius 2 is 1.85 bits per heavy atom. The minimum Gasteiger partial charge on any atom is -0.351 e. The fraction of sp³-hybridized carbons (Fsp3) is 0.318. The highest BCUT2D eigenvalue weighted by atomic mass is 35.5. The maximum atomic E-state index is 13.3. The van der Waals surface area contributed by atoms with Gasteiger partial charge in [0.2, 0.25) is 0 Å². The molecule has 0 saturated carbocycles. The number of hydrogen-bond acceptors (Lipinski definition) is 1. The van der Waals surface area contributed by atoms with Crippen LogP contribution < -0.4 is 0 Å². The SMILES string of the molecule is O=C(c1cc2cc(Cl)ccc2[nH]1)N1C[C@@H]2CC[C@H]1Cc1ccccc1C2. The molecule has 4 heteroatoms. The average molecular weight is 365 g/mol. The highest BCUT2D eigenvalue weighted by molar-refractivity contribution is 6.31. The van der Waals surface area contributed by atoms with Crippen LogP contribution >= 0.6 is 11.6 Å². The second kappa shape index (κ2) is 6.17. The number of amides is 1. The van der Waals surface area contributed by atoms with E-state index in [4.69, 9.17) is 11.6 Å². The number of carbonyl (C=O) groups is 1. The summed E-state index contributed by atoms with van der Waals surface area (Å²) in [5, 5.41) is 1.68. The lowest BCUT2D eigenvalue weighted by Crippen LogP contribution is -2.49. The van der Waals surface area contributed by atoms with E-state index >= 15 is 0 Å². The van der Waals surface area contributed by atoms with Gasteiger partial charge >= 0.3 is 0 Å². The number of nitrogens with zero attached hydrogens (tertiary/aromatic N) is 1. The van der Waals surface area contributed by atoms with Crippen LogP contribution in [0.3, 0.4) is 0 Å². The van der Waals surface area contributed by atoms with Gasteiger partial charge in [-0.25, -0.2) is 0 Å². The van der Waals surface area contributed by atoms with E-state index in [-0.39, 0.29) is 11.9 Å². The molecule has 1 aliphatic carbocycles. The third-order valence-electron chi connectivity index (χ3n) is 5.96. The molecule has 6 rings (SSSR count). The van der Waals surface area contributed by atoms with Crippen LogP contribution in [0.2, 0.25) is 5.02 Å². The minimum absolute atomic E-state index is 0.117. The molecule has 1 N–H and O–H groups in total. The number of carbonyl (C=O) groups excluding carboxylic acids is 1. The molecule has 1 fully saturated rings. The number of nitrogens with one attached hydrogen (secondary N) is 1. The predicted octanol–water partition coefficient (Wildman–Crippen LogP) is 4.84. The number of rotatable bonds is 1. The molecule has 2 atom stereocenters. The zero-order chi connectivity index (χ0) is 17.7. The second-order valence-electron chi connectivity index (χ2n) is 7.65. The highest BCUT2D eigenvalue weighted by Gasteiger charge is 2.35. The quantitative estimate of drug-likeness (QED) is 0.658. The number of aromatic nitrogens is 1. The molecule has 0 unspecified atom stereocenters. The van der Waals surface area contributed by atoms with E-state index in [1.54, 1.807) is 0 Å². The van der Waals surface area contributed by atoms with Crippen LogP contribution in [-0.4, -0.2) is 28.4 Å². The smallest absolute Gasteiger partial charge is 0.270 e. The standard InChI is InChI=1S/C22H21ClN2O/c23-18-6-8-20-17(10-18)12-21(24-20)22(26)25-13-14-5-7-19(25)11-16-4-2-1-3-15(16)9-14/h1-4,6,8,10,12,14,19,24H,5,7,9,11,13H2/t14-,19+/m1/s1. The molecule has 2 aliphatic heterocycles. The summed E-state index contributed by atoms with van der Waals surface area (Å²) in [4.78, 5) is 18.7. The lowest BCUT2D eigenvalue weighted by Gasteiger charge is -2.42. The Morgan fingerprint density at radius 3 is 2.69 bits per heavy atom. The summed E-state index contributed by atoms with van der Waals surface area (Å²) < 4.78 is 0. The van der Waals surface area contributed by atoms with E-state index in [0.717, 1.165) is 36.7 Å². The van der Waals surface area contributed by atoms with Crippen LogP contribution in [0.5, 0.6) is 0 Å². The van der Waals surface area contributed by atoms with Gasteiger partial charge in [-0.05, 0) is 67.0 Å². The van der Waals surface area contributed by atoms with Gasteiger partial charge in [-0.3, -0.25) is 4.79 Å². The van der Waals surface area contributed by atoms with Crippen molar-refractivity contribution in [3.63, 3.8) is 0 Å². The summed E-state index contributed by atoms with van der Waals surface area (Å²) in [6, 6.07) is 16.6. The summed E-state index contributed by atoms with van der Waals surface area (Å²) in [6.45, 7) is 0.855. The lowest BCUT2D eigenvalue weighted by molar-refractivity contribution is 0.0514. The fourth-order valence-electron chi connectivity index (χ4n) is 4.62. The molecular formula is C22H21ClN2O. The normalized spacial score (nSPS) is 22.1. The van der Waals surface area contributed by atoms with Crippen molar-refractivity contribution in [2.45, 2.75) is 31.7 Å². The summed E-state index contributed by atoms with van der Waals surface area (Å²) in [5.74, 6) is 0.668. The van der Waals surface area contributed by atoms with Crippen LogP contribution in [0.4, 0.5) is 0 Å². The Labute approximate surface area is 158 Å². The average Bonchev–Trinajstić information content (AvgIpc) is 3.04. The third kappa shape index (κ3) is 2.71. The second-order valence-corrected chi connectivity index (χ2v) is 8.08. The van der Waals surface area contributed by atoms with Crippen molar-refractivity contribution in [3.05, 3.63) is 70.4 Å². The number of halogens is 1. The fourth-order valence-corrected chi connectivity index (χ4v) is 4.80. The van der Waals surface area contributed by atoms with Gasteiger partial charge in [0.25, 0.3) is 5.91 Å². The monoisotopic (exact) mass is 364 g/mol. The molecule has 1 amide bonds. The van der Waals surface area contributed by atoms with Gasteiger partial charge in [0.05, 0.1) is 0 Å². The van der Waals surface area contributed by atoms with Crippen molar-refractivity contribution < 1.29 is 4.79 Å². The molecule has 1 saturated heterocycles. The van der Waals surface area contributed by atoms with E-state index in [1.807, 2.05) is 24.3 Å². The highest BCUT2D eigenvalue weighted by Crippen LogP contribution is 2.33. The Kier molecular flexibility index (Phi) is 3.79. The molecule has 1 aromatic heterocycles. The molecular weight excluding hydrogens is 344 g/mol. The van der Waals surface area contributed by atoms with E-state index in [2.05, 4.69) is 34.1 Å². The number of piperidine rings is 1. The van der Waals surface area contributed by atoms with Crippen molar-refractivity contribution in [3.8, 4) is 0 Å². The number of benzene rings is 2. The van der Waals surface area contributed by atoms with E-state index < -0.39 is 0 Å². The molecule has 3 nitrogen and oxygen atoms in total. The third-order valence-corrected chi connectivity index (χ3v) is 6.20. The molecule has 3 aromatic rings. The van der Waals surface area contributed by atoms with Gasteiger partial charge in [-0.1, -0.05) is 35.9 Å². The van der Waals surface area contributed by atoms with Crippen molar-refractivity contribution in [2.75, 3.05) is 6.54 Å². The Balaban J connectivity index is 1.48. The van der Waals surface area contributed by atoms with Crippen molar-refractivity contribution in [1.82, 2.24) is 9.88 Å². The minimum atomic E-state index is 0.117.